The Labute approximate surface area is 152 Å². The molecule has 0 aromatic rings. The number of carbonyl (C=O) groups excluding carboxylic acids is 4. The fourth-order valence-electron chi connectivity index (χ4n) is 3.36. The molecule has 0 amide bonds. The third-order valence-corrected chi connectivity index (χ3v) is 4.73. The Hall–Kier alpha value is -2.50. The minimum atomic E-state index is -1.03. The Bertz CT molecular complexity index is 699. The zero-order chi connectivity index (χ0) is 19.3. The number of rotatable bonds is 6. The highest BCUT2D eigenvalue weighted by Crippen LogP contribution is 2.45. The Balaban J connectivity index is 2.18. The van der Waals surface area contributed by atoms with Crippen molar-refractivity contribution in [3.05, 3.63) is 35.5 Å². The summed E-state index contributed by atoms with van der Waals surface area (Å²) in [6, 6.07) is 0. The molecule has 0 N–H and O–H groups in total. The van der Waals surface area contributed by atoms with E-state index in [1.807, 2.05) is 13.0 Å². The fourth-order valence-corrected chi connectivity index (χ4v) is 3.36. The van der Waals surface area contributed by atoms with Crippen molar-refractivity contribution in [2.45, 2.75) is 58.7 Å². The lowest BCUT2D eigenvalue weighted by atomic mass is 9.69. The molecule has 2 rings (SSSR count). The lowest BCUT2D eigenvalue weighted by Crippen LogP contribution is -2.43. The summed E-state index contributed by atoms with van der Waals surface area (Å²) in [5.41, 5.74) is 0.602. The van der Waals surface area contributed by atoms with Crippen molar-refractivity contribution in [3.63, 3.8) is 0 Å². The van der Waals surface area contributed by atoms with Gasteiger partial charge in [-0.2, -0.15) is 0 Å². The molecule has 0 saturated carbocycles. The van der Waals surface area contributed by atoms with Crippen LogP contribution >= 0.6 is 0 Å². The van der Waals surface area contributed by atoms with Gasteiger partial charge in [-0.3, -0.25) is 19.2 Å². The number of cyclic esters (lactones) is 1. The number of allylic oxidation sites excluding steroid dienone is 4. The second kappa shape index (κ2) is 8.25. The van der Waals surface area contributed by atoms with Crippen LogP contribution < -0.4 is 0 Å². The molecule has 1 spiro atoms. The van der Waals surface area contributed by atoms with Crippen molar-refractivity contribution in [3.8, 4) is 0 Å². The molecule has 2 aliphatic rings. The van der Waals surface area contributed by atoms with E-state index < -0.39 is 29.6 Å². The van der Waals surface area contributed by atoms with Crippen LogP contribution in [0.25, 0.3) is 0 Å². The number of carbonyl (C=O) groups is 4. The zero-order valence-electron chi connectivity index (χ0n) is 15.3. The molecule has 26 heavy (non-hydrogen) atoms. The van der Waals surface area contributed by atoms with Crippen LogP contribution in [0.3, 0.4) is 0 Å². The highest BCUT2D eigenvalue weighted by atomic mass is 16.6. The molecule has 0 bridgehead atoms. The molecule has 1 aliphatic heterocycles. The maximum absolute atomic E-state index is 12.6. The predicted molar refractivity (Wildman–Crippen MR) is 94.1 cm³/mol. The summed E-state index contributed by atoms with van der Waals surface area (Å²) >= 11 is 0. The molecule has 1 fully saturated rings. The van der Waals surface area contributed by atoms with Gasteiger partial charge in [0.05, 0.1) is 11.8 Å². The number of hydrogen-bond acceptors (Lipinski definition) is 6. The summed E-state index contributed by atoms with van der Waals surface area (Å²) in [5, 5.41) is 0. The first-order valence-electron chi connectivity index (χ1n) is 8.65. The van der Waals surface area contributed by atoms with Crippen LogP contribution in [-0.4, -0.2) is 36.2 Å². The van der Waals surface area contributed by atoms with Crippen molar-refractivity contribution < 1.29 is 28.7 Å². The molecule has 0 aromatic heterocycles. The van der Waals surface area contributed by atoms with Crippen LogP contribution in [-0.2, 0) is 28.7 Å². The van der Waals surface area contributed by atoms with E-state index in [2.05, 4.69) is 0 Å². The average Bonchev–Trinajstić information content (AvgIpc) is 2.86. The number of hydrogen-bond donors (Lipinski definition) is 0. The van der Waals surface area contributed by atoms with Gasteiger partial charge in [-0.25, -0.2) is 0 Å². The second-order valence-electron chi connectivity index (χ2n) is 6.94. The first kappa shape index (κ1) is 19.8. The van der Waals surface area contributed by atoms with Gasteiger partial charge in [0.25, 0.3) is 0 Å². The summed E-state index contributed by atoms with van der Waals surface area (Å²) in [6.07, 6.45) is 7.73. The van der Waals surface area contributed by atoms with Crippen LogP contribution in [0, 0.1) is 5.41 Å². The van der Waals surface area contributed by atoms with E-state index >= 15 is 0 Å². The molecule has 1 aliphatic carbocycles. The number of esters is 2. The molecule has 0 radical (unpaired) electrons. The van der Waals surface area contributed by atoms with Crippen LogP contribution in [0.1, 0.15) is 46.5 Å². The molecule has 6 heteroatoms. The van der Waals surface area contributed by atoms with Crippen molar-refractivity contribution in [2.24, 2.45) is 5.41 Å². The molecular weight excluding hydrogens is 336 g/mol. The third kappa shape index (κ3) is 4.56. The largest absolute Gasteiger partial charge is 0.458 e. The topological polar surface area (TPSA) is 86.7 Å². The lowest BCUT2D eigenvalue weighted by molar-refractivity contribution is -0.148. The molecule has 1 saturated heterocycles. The fraction of sp³-hybridized carbons (Fsp3) is 0.500. The first-order valence-corrected chi connectivity index (χ1v) is 8.65. The second-order valence-corrected chi connectivity index (χ2v) is 6.94. The molecule has 1 heterocycles. The quantitative estimate of drug-likeness (QED) is 0.313. The Morgan fingerprint density at radius 3 is 2.73 bits per heavy atom. The van der Waals surface area contributed by atoms with Gasteiger partial charge in [0.1, 0.15) is 18.5 Å². The van der Waals surface area contributed by atoms with E-state index in [4.69, 9.17) is 9.47 Å². The van der Waals surface area contributed by atoms with Gasteiger partial charge in [0.2, 0.25) is 0 Å². The van der Waals surface area contributed by atoms with E-state index in [1.165, 1.54) is 13.0 Å². The van der Waals surface area contributed by atoms with E-state index in [0.717, 1.165) is 11.9 Å². The average molecular weight is 360 g/mol. The minimum absolute atomic E-state index is 0.0213. The summed E-state index contributed by atoms with van der Waals surface area (Å²) in [6.45, 7) is 4.95. The highest BCUT2D eigenvalue weighted by Gasteiger charge is 2.55. The van der Waals surface area contributed by atoms with E-state index in [-0.39, 0.29) is 18.6 Å². The van der Waals surface area contributed by atoms with Crippen LogP contribution in [0.5, 0.6) is 0 Å². The molecule has 6 nitrogen and oxygen atoms in total. The van der Waals surface area contributed by atoms with Gasteiger partial charge >= 0.3 is 11.9 Å². The van der Waals surface area contributed by atoms with Crippen LogP contribution in [0.2, 0.25) is 0 Å². The summed E-state index contributed by atoms with van der Waals surface area (Å²) < 4.78 is 10.6. The van der Waals surface area contributed by atoms with E-state index in [9.17, 15) is 19.2 Å². The van der Waals surface area contributed by atoms with Gasteiger partial charge in [0.15, 0.2) is 5.78 Å². The molecular formula is C20H24O6. The smallest absolute Gasteiger partial charge is 0.307 e. The van der Waals surface area contributed by atoms with Crippen molar-refractivity contribution >= 4 is 24.0 Å². The number of ether oxygens (including phenoxy) is 2. The number of ketones is 1. The lowest BCUT2D eigenvalue weighted by Gasteiger charge is -2.34. The van der Waals surface area contributed by atoms with Crippen molar-refractivity contribution in [2.75, 3.05) is 0 Å². The predicted octanol–water partition coefficient (Wildman–Crippen LogP) is 2.62. The highest BCUT2D eigenvalue weighted by molar-refractivity contribution is 6.00. The number of aldehydes is 1. The Kier molecular flexibility index (Phi) is 6.29. The minimum Gasteiger partial charge on any atom is -0.458 e. The van der Waals surface area contributed by atoms with Gasteiger partial charge in [-0.05, 0) is 50.5 Å². The standard InChI is InChI=1S/C20H24O6/c1-13(5-4-6-14(2)12-21)9-18-20(11-19(24)26-18)10-16(25-15(3)22)7-8-17(20)23/h6-9,12,16,18H,4-5,10-11H2,1-3H3/b13-9+,14-6+/t16-,18-,20?/m1/s1. The van der Waals surface area contributed by atoms with E-state index in [0.29, 0.717) is 18.4 Å². The molecule has 140 valence electrons. The monoisotopic (exact) mass is 360 g/mol. The van der Waals surface area contributed by atoms with Crippen molar-refractivity contribution in [1.82, 2.24) is 0 Å². The maximum atomic E-state index is 12.6. The van der Waals surface area contributed by atoms with Gasteiger partial charge < -0.3 is 9.47 Å². The van der Waals surface area contributed by atoms with Crippen LogP contribution in [0.4, 0.5) is 0 Å². The molecule has 0 aromatic carbocycles. The van der Waals surface area contributed by atoms with Gasteiger partial charge in [-0.15, -0.1) is 0 Å². The summed E-state index contributed by atoms with van der Waals surface area (Å²) in [5.74, 6) is -1.05. The van der Waals surface area contributed by atoms with Crippen molar-refractivity contribution in [1.29, 1.82) is 0 Å². The first-order chi connectivity index (χ1) is 12.3. The van der Waals surface area contributed by atoms with Crippen LogP contribution in [0.15, 0.2) is 35.5 Å². The zero-order valence-corrected chi connectivity index (χ0v) is 15.3. The summed E-state index contributed by atoms with van der Waals surface area (Å²) in [4.78, 5) is 46.4. The van der Waals surface area contributed by atoms with E-state index in [1.54, 1.807) is 19.1 Å². The maximum Gasteiger partial charge on any atom is 0.307 e. The SMILES string of the molecule is CC(=O)O[C@@H]1C=CC(=O)C2(CC(=O)O[C@@H]2/C=C(\C)CC/C=C(\C)C=O)C1. The van der Waals surface area contributed by atoms with Gasteiger partial charge in [0, 0.05) is 13.3 Å². The Morgan fingerprint density at radius 2 is 2.08 bits per heavy atom. The molecule has 3 atom stereocenters. The molecule has 1 unspecified atom stereocenters. The third-order valence-electron chi connectivity index (χ3n) is 4.73. The normalized spacial score (nSPS) is 29.0. The summed E-state index contributed by atoms with van der Waals surface area (Å²) in [7, 11) is 0. The van der Waals surface area contributed by atoms with Gasteiger partial charge in [-0.1, -0.05) is 11.6 Å². The Morgan fingerprint density at radius 1 is 1.35 bits per heavy atom.